The van der Waals surface area contributed by atoms with Gasteiger partial charge in [0.1, 0.15) is 36.9 Å². The maximum absolute atomic E-state index is 14.1. The number of Topliss-reactive ketones (excluding diaryl/α,β-unsaturated/α-hetero) is 3. The molecule has 0 radical (unpaired) electrons. The molecule has 0 aliphatic rings. The Balaban J connectivity index is 1.08. The van der Waals surface area contributed by atoms with Gasteiger partial charge < -0.3 is 19.4 Å². The van der Waals surface area contributed by atoms with Crippen LogP contribution >= 0.6 is 0 Å². The lowest BCUT2D eigenvalue weighted by Crippen LogP contribution is -2.34. The van der Waals surface area contributed by atoms with Crippen molar-refractivity contribution in [1.29, 1.82) is 0 Å². The van der Waals surface area contributed by atoms with Gasteiger partial charge in [-0.2, -0.15) is 0 Å². The zero-order valence-corrected chi connectivity index (χ0v) is 40.2. The number of nitrogens with zero attached hydrogens (tertiary/aromatic N) is 4. The number of hydrogen-bond donors (Lipinski definition) is 0. The molecule has 0 aliphatic carbocycles. The summed E-state index contributed by atoms with van der Waals surface area (Å²) in [6, 6.07) is 40.0. The Morgan fingerprint density at radius 2 is 0.817 bits per heavy atom. The molecule has 3 aromatic heterocycles. The van der Waals surface area contributed by atoms with Gasteiger partial charge in [0.15, 0.2) is 17.3 Å². The third-order valence-corrected chi connectivity index (χ3v) is 12.2. The molecule has 0 aliphatic heterocycles. The molecule has 0 fully saturated rings. The topological polar surface area (TPSA) is 148 Å². The summed E-state index contributed by atoms with van der Waals surface area (Å²) in [6.07, 6.45) is 4.24. The molecule has 3 heterocycles. The van der Waals surface area contributed by atoms with Crippen LogP contribution in [0.5, 0.6) is 0 Å². The number of hydrogen-bond acceptors (Lipinski definition) is 10. The molecule has 0 unspecified atom stereocenters. The van der Waals surface area contributed by atoms with Crippen LogP contribution in [0.15, 0.2) is 161 Å². The minimum absolute atomic E-state index is 0.0631. The molecular weight excluding hydrogens is 897 g/mol. The second-order valence-electron chi connectivity index (χ2n) is 17.3. The molecule has 364 valence electrons. The van der Waals surface area contributed by atoms with Crippen molar-refractivity contribution in [3.05, 3.63) is 234 Å². The molecule has 0 saturated heterocycles. The average Bonchev–Trinajstić information content (AvgIpc) is 3.38. The van der Waals surface area contributed by atoms with Crippen molar-refractivity contribution < 1.29 is 28.9 Å². The number of fused-ring (bicyclic) bond motifs is 1. The largest absolute Gasteiger partial charge is 0.405 e. The van der Waals surface area contributed by atoms with Gasteiger partial charge in [-0.1, -0.05) is 135 Å². The van der Waals surface area contributed by atoms with Crippen molar-refractivity contribution in [2.24, 2.45) is 0 Å². The van der Waals surface area contributed by atoms with Gasteiger partial charge in [0.2, 0.25) is 0 Å². The van der Waals surface area contributed by atoms with Crippen LogP contribution in [-0.4, -0.2) is 56.1 Å². The van der Waals surface area contributed by atoms with Crippen LogP contribution in [0.25, 0.3) is 22.9 Å². The Morgan fingerprint density at radius 1 is 0.479 bits per heavy atom. The van der Waals surface area contributed by atoms with E-state index in [9.17, 15) is 28.8 Å². The highest BCUT2D eigenvalue weighted by atomic mass is 16.7. The van der Waals surface area contributed by atoms with E-state index in [1.807, 2.05) is 91.0 Å². The minimum atomic E-state index is -0.484. The van der Waals surface area contributed by atoms with E-state index in [-0.39, 0.29) is 73.5 Å². The van der Waals surface area contributed by atoms with Crippen molar-refractivity contribution in [1.82, 2.24) is 19.1 Å². The van der Waals surface area contributed by atoms with Crippen molar-refractivity contribution in [3.8, 4) is 0 Å². The van der Waals surface area contributed by atoms with Gasteiger partial charge in [0.05, 0.1) is 5.39 Å². The van der Waals surface area contributed by atoms with Crippen LogP contribution in [0.4, 0.5) is 0 Å². The van der Waals surface area contributed by atoms with E-state index < -0.39 is 16.7 Å². The summed E-state index contributed by atoms with van der Waals surface area (Å²) in [5.41, 5.74) is 3.29. The number of rotatable bonds is 26. The number of ketones is 3. The van der Waals surface area contributed by atoms with E-state index in [4.69, 9.17) is 14.5 Å². The second kappa shape index (κ2) is 24.4. The molecule has 71 heavy (non-hydrogen) atoms. The normalized spacial score (nSPS) is 11.1. The zero-order valence-electron chi connectivity index (χ0n) is 40.2. The molecule has 13 heteroatoms. The Kier molecular flexibility index (Phi) is 17.4. The summed E-state index contributed by atoms with van der Waals surface area (Å²) in [6.45, 7) is 12.5. The summed E-state index contributed by atoms with van der Waals surface area (Å²) >= 11 is 0. The Bertz CT molecular complexity index is 3080. The average molecular weight is 955 g/mol. The molecule has 0 spiro atoms. The molecule has 0 bridgehead atoms. The number of pyridine rings is 3. The lowest BCUT2D eigenvalue weighted by molar-refractivity contribution is 0.0720. The summed E-state index contributed by atoms with van der Waals surface area (Å²) < 4.78 is 3.19. The monoisotopic (exact) mass is 954 g/mol. The van der Waals surface area contributed by atoms with Gasteiger partial charge in [-0.15, -0.1) is 14.2 Å². The van der Waals surface area contributed by atoms with E-state index >= 15 is 0 Å². The van der Waals surface area contributed by atoms with Gasteiger partial charge in [-0.3, -0.25) is 28.8 Å². The lowest BCUT2D eigenvalue weighted by atomic mass is 10.0. The SMILES string of the molecule is C=Cc1c(C)cc(C(=O)CCCN(CCCC(=O)c2cc(C)c(C=C)c(=O)n2OCc2ccccc2)CCCC(=O)c2cc3ccccc3c(=O)n2OCc2ccccc2)n(OCc2ccccc2)c1=O. The molecule has 7 aromatic rings. The predicted octanol–water partition coefficient (Wildman–Crippen LogP) is 8.71. The molecule has 0 atom stereocenters. The van der Waals surface area contributed by atoms with Crippen molar-refractivity contribution >= 4 is 40.3 Å². The quantitative estimate of drug-likeness (QED) is 0.0483. The fraction of sp³-hybridized carbons (Fsp3) is 0.241. The Labute approximate surface area is 412 Å². The minimum Gasteiger partial charge on any atom is -0.405 e. The van der Waals surface area contributed by atoms with Crippen LogP contribution < -0.4 is 31.2 Å². The number of carbonyl (C=O) groups is 3. The highest BCUT2D eigenvalue weighted by molar-refractivity contribution is 5.98. The highest BCUT2D eigenvalue weighted by Crippen LogP contribution is 2.18. The summed E-state index contributed by atoms with van der Waals surface area (Å²) in [5, 5.41) is 1.04. The number of aryl methyl sites for hydroxylation is 2. The fourth-order valence-electron chi connectivity index (χ4n) is 8.41. The second-order valence-corrected chi connectivity index (χ2v) is 17.3. The summed E-state index contributed by atoms with van der Waals surface area (Å²) in [5.74, 6) is -0.878. The Morgan fingerprint density at radius 3 is 1.20 bits per heavy atom. The van der Waals surface area contributed by atoms with E-state index in [2.05, 4.69) is 18.1 Å². The first-order valence-electron chi connectivity index (χ1n) is 23.7. The zero-order chi connectivity index (χ0) is 50.3. The Hall–Kier alpha value is -8.16. The maximum Gasteiger partial charge on any atom is 0.291 e. The summed E-state index contributed by atoms with van der Waals surface area (Å²) in [7, 11) is 0. The van der Waals surface area contributed by atoms with Crippen molar-refractivity contribution in [2.75, 3.05) is 19.6 Å². The number of benzene rings is 4. The molecule has 0 N–H and O–H groups in total. The maximum atomic E-state index is 14.1. The van der Waals surface area contributed by atoms with E-state index in [1.165, 1.54) is 12.2 Å². The highest BCUT2D eigenvalue weighted by Gasteiger charge is 2.22. The first-order chi connectivity index (χ1) is 34.5. The van der Waals surface area contributed by atoms with Crippen LogP contribution in [0.3, 0.4) is 0 Å². The molecule has 13 nitrogen and oxygen atoms in total. The lowest BCUT2D eigenvalue weighted by Gasteiger charge is -2.23. The van der Waals surface area contributed by atoms with Gasteiger partial charge >= 0.3 is 0 Å². The van der Waals surface area contributed by atoms with E-state index in [1.54, 1.807) is 56.3 Å². The standard InChI is InChI=1S/C58H58N4O9/c1-5-47-41(3)35-50(60(56(47)66)69-38-43-21-10-7-11-22-43)53(63)29-18-32-59(33-19-30-54(64)51-36-42(4)48(6-2)57(67)61(51)70-39-44-23-12-8-13-24-44)34-20-31-55(65)52-37-46-27-16-17-28-49(46)58(68)62(52)71-40-45-25-14-9-15-26-45/h5-17,21-28,35-37H,1-2,18-20,29-34,38-40H2,3-4H3. The fourth-order valence-corrected chi connectivity index (χ4v) is 8.41. The predicted molar refractivity (Wildman–Crippen MR) is 277 cm³/mol. The molecule has 0 saturated carbocycles. The number of aromatic nitrogens is 3. The molecule has 4 aromatic carbocycles. The van der Waals surface area contributed by atoms with Gasteiger partial charge in [0, 0.05) is 30.4 Å². The van der Waals surface area contributed by atoms with Crippen molar-refractivity contribution in [2.45, 2.75) is 72.2 Å². The molecule has 0 amide bonds. The summed E-state index contributed by atoms with van der Waals surface area (Å²) in [4.78, 5) is 103. The van der Waals surface area contributed by atoms with Crippen LogP contribution in [0.2, 0.25) is 0 Å². The first kappa shape index (κ1) is 50.7. The van der Waals surface area contributed by atoms with Gasteiger partial charge in [0.25, 0.3) is 16.7 Å². The van der Waals surface area contributed by atoms with E-state index in [0.29, 0.717) is 71.9 Å². The third kappa shape index (κ3) is 12.7. The molecule has 7 rings (SSSR count). The van der Waals surface area contributed by atoms with E-state index in [0.717, 1.165) is 30.9 Å². The van der Waals surface area contributed by atoms with Gasteiger partial charge in [-0.25, -0.2) is 0 Å². The molecular formula is C58H58N4O9. The van der Waals surface area contributed by atoms with Crippen LogP contribution in [0, 0.1) is 13.8 Å². The third-order valence-electron chi connectivity index (χ3n) is 12.2. The number of carbonyl (C=O) groups excluding carboxylic acids is 3. The van der Waals surface area contributed by atoms with Gasteiger partial charge in [-0.05, 0) is 110 Å². The van der Waals surface area contributed by atoms with Crippen LogP contribution in [-0.2, 0) is 19.8 Å². The smallest absolute Gasteiger partial charge is 0.291 e. The first-order valence-corrected chi connectivity index (χ1v) is 23.7. The van der Waals surface area contributed by atoms with Crippen LogP contribution in [0.1, 0.15) is 109 Å². The van der Waals surface area contributed by atoms with Crippen molar-refractivity contribution in [3.63, 3.8) is 0 Å².